The lowest BCUT2D eigenvalue weighted by Crippen LogP contribution is -2.50. The van der Waals surface area contributed by atoms with Crippen LogP contribution in [0.1, 0.15) is 34.5 Å². The Hall–Kier alpha value is -2.69. The van der Waals surface area contributed by atoms with Gasteiger partial charge in [0.2, 0.25) is 5.91 Å². The lowest BCUT2D eigenvalue weighted by molar-refractivity contribution is -0.124. The van der Waals surface area contributed by atoms with E-state index in [9.17, 15) is 9.59 Å². The summed E-state index contributed by atoms with van der Waals surface area (Å²) < 4.78 is 0. The average Bonchev–Trinajstić information content (AvgIpc) is 2.58. The number of carbonyl (C=O) groups is 2. The second-order valence-electron chi connectivity index (χ2n) is 5.66. The number of aromatic nitrogens is 1. The van der Waals surface area contributed by atoms with Crippen molar-refractivity contribution in [3.8, 4) is 0 Å². The van der Waals surface area contributed by atoms with E-state index in [1.807, 2.05) is 30.3 Å². The van der Waals surface area contributed by atoms with E-state index in [1.54, 1.807) is 18.3 Å². The number of piperidine rings is 1. The van der Waals surface area contributed by atoms with Gasteiger partial charge >= 0.3 is 0 Å². The summed E-state index contributed by atoms with van der Waals surface area (Å²) in [6.07, 6.45) is 3.87. The van der Waals surface area contributed by atoms with Gasteiger partial charge in [0, 0.05) is 30.4 Å². The predicted octanol–water partition coefficient (Wildman–Crippen LogP) is 1.68. The molecule has 5 nitrogen and oxygen atoms in total. The zero-order chi connectivity index (χ0) is 16.1. The number of rotatable bonds is 4. The van der Waals surface area contributed by atoms with Gasteiger partial charge in [0.05, 0.1) is 0 Å². The molecule has 0 saturated carbocycles. The minimum absolute atomic E-state index is 0.108. The van der Waals surface area contributed by atoms with Gasteiger partial charge in [-0.1, -0.05) is 30.3 Å². The normalized spacial score (nSPS) is 17.4. The second kappa shape index (κ2) is 7.05. The van der Waals surface area contributed by atoms with Crippen LogP contribution >= 0.6 is 0 Å². The third kappa shape index (κ3) is 3.94. The van der Waals surface area contributed by atoms with E-state index in [0.717, 1.165) is 17.7 Å². The number of carbonyl (C=O) groups excluding carboxylic acids is 2. The summed E-state index contributed by atoms with van der Waals surface area (Å²) in [6.45, 7) is 0.682. The molecular formula is C18H19N3O2. The van der Waals surface area contributed by atoms with Gasteiger partial charge in [-0.3, -0.25) is 14.6 Å². The number of benzene rings is 1. The van der Waals surface area contributed by atoms with Crippen molar-refractivity contribution in [2.24, 2.45) is 0 Å². The van der Waals surface area contributed by atoms with E-state index in [4.69, 9.17) is 0 Å². The molecule has 0 unspecified atom stereocenters. The van der Waals surface area contributed by atoms with Gasteiger partial charge in [0.1, 0.15) is 6.04 Å². The molecule has 1 atom stereocenters. The van der Waals surface area contributed by atoms with Gasteiger partial charge in [-0.15, -0.1) is 0 Å². The summed E-state index contributed by atoms with van der Waals surface area (Å²) in [7, 11) is 0. The summed E-state index contributed by atoms with van der Waals surface area (Å²) in [5, 5.41) is 5.56. The maximum Gasteiger partial charge on any atom is 0.252 e. The molecule has 1 aliphatic rings. The van der Waals surface area contributed by atoms with Crippen LogP contribution in [0.2, 0.25) is 0 Å². The standard InChI is InChI=1S/C18H19N3O2/c22-17(21-16-7-4-9-20-18(16)23)14-8-10-19-15(12-14)11-13-5-2-1-3-6-13/h1-3,5-6,8,10,12,16H,4,7,9,11H2,(H,20,23)(H,21,22)/t16-/m0/s1. The molecule has 1 fully saturated rings. The Morgan fingerprint density at radius 3 is 2.87 bits per heavy atom. The fraction of sp³-hybridized carbons (Fsp3) is 0.278. The highest BCUT2D eigenvalue weighted by Gasteiger charge is 2.24. The van der Waals surface area contributed by atoms with Crippen molar-refractivity contribution >= 4 is 11.8 Å². The van der Waals surface area contributed by atoms with Crippen molar-refractivity contribution in [2.75, 3.05) is 6.54 Å². The molecule has 1 aromatic heterocycles. The van der Waals surface area contributed by atoms with E-state index >= 15 is 0 Å². The molecule has 0 radical (unpaired) electrons. The van der Waals surface area contributed by atoms with Crippen LogP contribution in [0.3, 0.4) is 0 Å². The van der Waals surface area contributed by atoms with Crippen molar-refractivity contribution in [1.29, 1.82) is 0 Å². The Labute approximate surface area is 135 Å². The van der Waals surface area contributed by atoms with Crippen molar-refractivity contribution in [3.05, 3.63) is 65.5 Å². The molecule has 0 spiro atoms. The van der Waals surface area contributed by atoms with Crippen LogP contribution in [0.5, 0.6) is 0 Å². The van der Waals surface area contributed by atoms with Crippen LogP contribution in [0, 0.1) is 0 Å². The maximum atomic E-state index is 12.3. The van der Waals surface area contributed by atoms with Crippen LogP contribution in [0.25, 0.3) is 0 Å². The summed E-state index contributed by atoms with van der Waals surface area (Å²) >= 11 is 0. The lowest BCUT2D eigenvalue weighted by atomic mass is 10.1. The number of hydrogen-bond donors (Lipinski definition) is 2. The SMILES string of the molecule is O=C(N[C@H]1CCCNC1=O)c1ccnc(Cc2ccccc2)c1. The fourth-order valence-electron chi connectivity index (χ4n) is 2.67. The minimum Gasteiger partial charge on any atom is -0.354 e. The Kier molecular flexibility index (Phi) is 4.66. The molecule has 1 saturated heterocycles. The quantitative estimate of drug-likeness (QED) is 0.902. The Morgan fingerprint density at radius 2 is 2.09 bits per heavy atom. The number of nitrogens with zero attached hydrogens (tertiary/aromatic N) is 1. The van der Waals surface area contributed by atoms with E-state index < -0.39 is 6.04 Å². The Balaban J connectivity index is 1.69. The van der Waals surface area contributed by atoms with E-state index in [0.29, 0.717) is 24.9 Å². The first-order valence-electron chi connectivity index (χ1n) is 7.80. The molecule has 1 aliphatic heterocycles. The van der Waals surface area contributed by atoms with Gasteiger partial charge in [-0.25, -0.2) is 0 Å². The summed E-state index contributed by atoms with van der Waals surface area (Å²) in [4.78, 5) is 28.4. The van der Waals surface area contributed by atoms with E-state index in [-0.39, 0.29) is 11.8 Å². The third-order valence-electron chi connectivity index (χ3n) is 3.90. The van der Waals surface area contributed by atoms with Gasteiger partial charge in [0.25, 0.3) is 5.91 Å². The first kappa shape index (κ1) is 15.2. The van der Waals surface area contributed by atoms with Crippen molar-refractivity contribution < 1.29 is 9.59 Å². The first-order chi connectivity index (χ1) is 11.2. The summed E-state index contributed by atoms with van der Waals surface area (Å²) in [6, 6.07) is 13.0. The highest BCUT2D eigenvalue weighted by molar-refractivity contribution is 5.97. The zero-order valence-electron chi connectivity index (χ0n) is 12.8. The Bertz CT molecular complexity index is 700. The molecule has 2 N–H and O–H groups in total. The Morgan fingerprint density at radius 1 is 1.26 bits per heavy atom. The number of nitrogens with one attached hydrogen (secondary N) is 2. The summed E-state index contributed by atoms with van der Waals surface area (Å²) in [5.41, 5.74) is 2.51. The fourth-order valence-corrected chi connectivity index (χ4v) is 2.67. The monoisotopic (exact) mass is 309 g/mol. The second-order valence-corrected chi connectivity index (χ2v) is 5.66. The molecule has 0 bridgehead atoms. The van der Waals surface area contributed by atoms with E-state index in [1.165, 1.54) is 0 Å². The molecule has 2 aromatic rings. The minimum atomic E-state index is -0.443. The summed E-state index contributed by atoms with van der Waals surface area (Å²) in [5.74, 6) is -0.341. The molecule has 5 heteroatoms. The van der Waals surface area contributed by atoms with Gasteiger partial charge in [-0.2, -0.15) is 0 Å². The zero-order valence-corrected chi connectivity index (χ0v) is 12.8. The van der Waals surface area contributed by atoms with Crippen molar-refractivity contribution in [2.45, 2.75) is 25.3 Å². The highest BCUT2D eigenvalue weighted by atomic mass is 16.2. The van der Waals surface area contributed by atoms with Crippen LogP contribution in [-0.4, -0.2) is 29.4 Å². The smallest absolute Gasteiger partial charge is 0.252 e. The van der Waals surface area contributed by atoms with Crippen molar-refractivity contribution in [3.63, 3.8) is 0 Å². The lowest BCUT2D eigenvalue weighted by Gasteiger charge is -2.22. The molecule has 118 valence electrons. The van der Waals surface area contributed by atoms with Crippen LogP contribution < -0.4 is 10.6 Å². The molecule has 2 heterocycles. The number of pyridine rings is 1. The molecular weight excluding hydrogens is 290 g/mol. The van der Waals surface area contributed by atoms with Gasteiger partial charge in [-0.05, 0) is 30.5 Å². The van der Waals surface area contributed by atoms with Crippen LogP contribution in [0.15, 0.2) is 48.7 Å². The highest BCUT2D eigenvalue weighted by Crippen LogP contribution is 2.10. The topological polar surface area (TPSA) is 71.1 Å². The van der Waals surface area contributed by atoms with Gasteiger partial charge < -0.3 is 10.6 Å². The molecule has 3 rings (SSSR count). The molecule has 23 heavy (non-hydrogen) atoms. The predicted molar refractivity (Wildman–Crippen MR) is 87.0 cm³/mol. The average molecular weight is 309 g/mol. The van der Waals surface area contributed by atoms with E-state index in [2.05, 4.69) is 15.6 Å². The van der Waals surface area contributed by atoms with Gasteiger partial charge in [0.15, 0.2) is 0 Å². The molecule has 0 aliphatic carbocycles. The number of amides is 2. The van der Waals surface area contributed by atoms with Crippen molar-refractivity contribution in [1.82, 2.24) is 15.6 Å². The maximum absolute atomic E-state index is 12.3. The largest absolute Gasteiger partial charge is 0.354 e. The number of hydrogen-bond acceptors (Lipinski definition) is 3. The third-order valence-corrected chi connectivity index (χ3v) is 3.90. The molecule has 2 amide bonds. The molecule has 1 aromatic carbocycles. The van der Waals surface area contributed by atoms with Crippen LogP contribution in [0.4, 0.5) is 0 Å². The first-order valence-corrected chi connectivity index (χ1v) is 7.80. The van der Waals surface area contributed by atoms with Crippen LogP contribution in [-0.2, 0) is 11.2 Å².